The van der Waals surface area contributed by atoms with Gasteiger partial charge in [0.1, 0.15) is 0 Å². The van der Waals surface area contributed by atoms with Crippen molar-refractivity contribution in [3.05, 3.63) is 0 Å². The molecule has 1 saturated heterocycles. The SMILES string of the molecule is O=C(O)CCN1CCOC1. The van der Waals surface area contributed by atoms with Crippen LogP contribution in [0.25, 0.3) is 0 Å². The molecule has 0 amide bonds. The van der Waals surface area contributed by atoms with Crippen molar-refractivity contribution in [1.29, 1.82) is 0 Å². The summed E-state index contributed by atoms with van der Waals surface area (Å²) in [6, 6.07) is 0. The van der Waals surface area contributed by atoms with Gasteiger partial charge in [-0.1, -0.05) is 0 Å². The smallest absolute Gasteiger partial charge is 0.304 e. The Morgan fingerprint density at radius 2 is 2.50 bits per heavy atom. The average Bonchev–Trinajstić information content (AvgIpc) is 2.34. The van der Waals surface area contributed by atoms with E-state index in [0.29, 0.717) is 13.3 Å². The van der Waals surface area contributed by atoms with Gasteiger partial charge in [0, 0.05) is 13.1 Å². The fourth-order valence-corrected chi connectivity index (χ4v) is 0.882. The highest BCUT2D eigenvalue weighted by Gasteiger charge is 2.11. The van der Waals surface area contributed by atoms with Crippen LogP contribution in [-0.4, -0.2) is 42.4 Å². The van der Waals surface area contributed by atoms with Gasteiger partial charge < -0.3 is 9.84 Å². The third kappa shape index (κ3) is 2.33. The van der Waals surface area contributed by atoms with E-state index >= 15 is 0 Å². The second-order valence-electron chi connectivity index (χ2n) is 2.30. The van der Waals surface area contributed by atoms with Crippen molar-refractivity contribution in [3.63, 3.8) is 0 Å². The van der Waals surface area contributed by atoms with E-state index in [4.69, 9.17) is 9.84 Å². The van der Waals surface area contributed by atoms with E-state index in [0.717, 1.165) is 13.2 Å². The number of hydrogen-bond acceptors (Lipinski definition) is 3. The second kappa shape index (κ2) is 3.53. The summed E-state index contributed by atoms with van der Waals surface area (Å²) in [7, 11) is 0. The van der Waals surface area contributed by atoms with Crippen molar-refractivity contribution in [2.75, 3.05) is 26.4 Å². The summed E-state index contributed by atoms with van der Waals surface area (Å²) in [5, 5.41) is 8.31. The van der Waals surface area contributed by atoms with Crippen molar-refractivity contribution < 1.29 is 14.6 Å². The van der Waals surface area contributed by atoms with Crippen molar-refractivity contribution in [2.24, 2.45) is 0 Å². The van der Waals surface area contributed by atoms with Gasteiger partial charge in [0.05, 0.1) is 19.8 Å². The molecule has 0 aromatic rings. The average molecular weight is 145 g/mol. The molecule has 1 fully saturated rings. The van der Waals surface area contributed by atoms with E-state index < -0.39 is 5.97 Å². The maximum absolute atomic E-state index is 10.1. The van der Waals surface area contributed by atoms with Crippen LogP contribution in [0.3, 0.4) is 0 Å². The van der Waals surface area contributed by atoms with Crippen LogP contribution in [0.15, 0.2) is 0 Å². The Hall–Kier alpha value is -0.610. The van der Waals surface area contributed by atoms with E-state index in [2.05, 4.69) is 0 Å². The summed E-state index contributed by atoms with van der Waals surface area (Å²) in [5.74, 6) is -0.744. The lowest BCUT2D eigenvalue weighted by Crippen LogP contribution is -2.23. The predicted molar refractivity (Wildman–Crippen MR) is 34.6 cm³/mol. The predicted octanol–water partition coefficient (Wildman–Crippen LogP) is -0.249. The summed E-state index contributed by atoms with van der Waals surface area (Å²) in [6.07, 6.45) is 0.212. The van der Waals surface area contributed by atoms with E-state index in [1.165, 1.54) is 0 Å². The Labute approximate surface area is 59.4 Å². The molecule has 0 aliphatic carbocycles. The van der Waals surface area contributed by atoms with Gasteiger partial charge in [0.2, 0.25) is 0 Å². The van der Waals surface area contributed by atoms with Crippen LogP contribution in [0, 0.1) is 0 Å². The van der Waals surface area contributed by atoms with Crippen LogP contribution in [0.2, 0.25) is 0 Å². The highest BCUT2D eigenvalue weighted by Crippen LogP contribution is 1.98. The second-order valence-corrected chi connectivity index (χ2v) is 2.30. The monoisotopic (exact) mass is 145 g/mol. The molecule has 58 valence electrons. The van der Waals surface area contributed by atoms with Crippen LogP contribution >= 0.6 is 0 Å². The van der Waals surface area contributed by atoms with E-state index in [9.17, 15) is 4.79 Å². The van der Waals surface area contributed by atoms with Gasteiger partial charge in [0.25, 0.3) is 0 Å². The Morgan fingerprint density at radius 3 is 3.00 bits per heavy atom. The third-order valence-corrected chi connectivity index (χ3v) is 1.47. The molecule has 1 aliphatic rings. The molecule has 4 nitrogen and oxygen atoms in total. The number of nitrogens with zero attached hydrogens (tertiary/aromatic N) is 1. The molecule has 0 aromatic heterocycles. The highest BCUT2D eigenvalue weighted by molar-refractivity contribution is 5.66. The maximum Gasteiger partial charge on any atom is 0.304 e. The maximum atomic E-state index is 10.1. The molecule has 1 aliphatic heterocycles. The minimum Gasteiger partial charge on any atom is -0.481 e. The summed E-state index contributed by atoms with van der Waals surface area (Å²) in [5.41, 5.74) is 0. The molecule has 0 saturated carbocycles. The fraction of sp³-hybridized carbons (Fsp3) is 0.833. The van der Waals surface area contributed by atoms with Crippen molar-refractivity contribution in [3.8, 4) is 0 Å². The molecule has 0 atom stereocenters. The van der Waals surface area contributed by atoms with Gasteiger partial charge in [-0.25, -0.2) is 0 Å². The molecule has 1 N–H and O–H groups in total. The zero-order valence-electron chi connectivity index (χ0n) is 5.75. The molecule has 1 heterocycles. The molecule has 0 spiro atoms. The number of aliphatic carboxylic acids is 1. The number of carboxylic acids is 1. The first kappa shape index (κ1) is 7.50. The summed E-state index contributed by atoms with van der Waals surface area (Å²) in [6.45, 7) is 2.80. The lowest BCUT2D eigenvalue weighted by atomic mass is 10.4. The van der Waals surface area contributed by atoms with E-state index in [1.807, 2.05) is 4.90 Å². The van der Waals surface area contributed by atoms with Crippen molar-refractivity contribution in [2.45, 2.75) is 6.42 Å². The topological polar surface area (TPSA) is 49.8 Å². The fourth-order valence-electron chi connectivity index (χ4n) is 0.882. The van der Waals surface area contributed by atoms with E-state index in [1.54, 1.807) is 0 Å². The number of rotatable bonds is 3. The quantitative estimate of drug-likeness (QED) is 0.595. The lowest BCUT2D eigenvalue weighted by Gasteiger charge is -2.09. The van der Waals surface area contributed by atoms with Gasteiger partial charge in [-0.3, -0.25) is 9.69 Å². The first-order valence-electron chi connectivity index (χ1n) is 3.31. The molecule has 0 bridgehead atoms. The van der Waals surface area contributed by atoms with Crippen LogP contribution in [0.1, 0.15) is 6.42 Å². The highest BCUT2D eigenvalue weighted by atomic mass is 16.5. The van der Waals surface area contributed by atoms with Crippen LogP contribution in [0.5, 0.6) is 0 Å². The third-order valence-electron chi connectivity index (χ3n) is 1.47. The molecule has 0 aromatic carbocycles. The Balaban J connectivity index is 2.07. The van der Waals surface area contributed by atoms with E-state index in [-0.39, 0.29) is 6.42 Å². The number of ether oxygens (including phenoxy) is 1. The molecule has 1 rings (SSSR count). The minimum atomic E-state index is -0.744. The summed E-state index contributed by atoms with van der Waals surface area (Å²) in [4.78, 5) is 12.1. The standard InChI is InChI=1S/C6H11NO3/c8-6(9)1-2-7-3-4-10-5-7/h1-5H2,(H,8,9). The van der Waals surface area contributed by atoms with Gasteiger partial charge in [-0.05, 0) is 0 Å². The number of carboxylic acid groups (broad SMARTS) is 1. The molecule has 4 heteroatoms. The molecule has 0 unspecified atom stereocenters. The Bertz CT molecular complexity index is 120. The largest absolute Gasteiger partial charge is 0.481 e. The van der Waals surface area contributed by atoms with Crippen molar-refractivity contribution >= 4 is 5.97 Å². The van der Waals surface area contributed by atoms with Gasteiger partial charge in [-0.2, -0.15) is 0 Å². The first-order valence-corrected chi connectivity index (χ1v) is 3.31. The number of carbonyl (C=O) groups is 1. The summed E-state index contributed by atoms with van der Waals surface area (Å²) >= 11 is 0. The zero-order chi connectivity index (χ0) is 7.40. The summed E-state index contributed by atoms with van der Waals surface area (Å²) < 4.78 is 5.02. The van der Waals surface area contributed by atoms with Crippen LogP contribution in [-0.2, 0) is 9.53 Å². The van der Waals surface area contributed by atoms with Gasteiger partial charge in [0.15, 0.2) is 0 Å². The molecular weight excluding hydrogens is 134 g/mol. The van der Waals surface area contributed by atoms with Gasteiger partial charge in [-0.15, -0.1) is 0 Å². The lowest BCUT2D eigenvalue weighted by molar-refractivity contribution is -0.137. The minimum absolute atomic E-state index is 0.212. The molecule has 10 heavy (non-hydrogen) atoms. The van der Waals surface area contributed by atoms with Crippen LogP contribution in [0.4, 0.5) is 0 Å². The Kier molecular flexibility index (Phi) is 2.65. The molecule has 0 radical (unpaired) electrons. The number of hydrogen-bond donors (Lipinski definition) is 1. The normalized spacial score (nSPS) is 19.6. The van der Waals surface area contributed by atoms with Crippen molar-refractivity contribution in [1.82, 2.24) is 4.90 Å². The van der Waals surface area contributed by atoms with Crippen LogP contribution < -0.4 is 0 Å². The Morgan fingerprint density at radius 1 is 1.70 bits per heavy atom. The molecular formula is C6H11NO3. The zero-order valence-corrected chi connectivity index (χ0v) is 5.75. The first-order chi connectivity index (χ1) is 4.79. The van der Waals surface area contributed by atoms with Gasteiger partial charge >= 0.3 is 5.97 Å².